The van der Waals surface area contributed by atoms with Gasteiger partial charge in [0, 0.05) is 16.4 Å². The SMILES string of the molecule is N#CCC1(I)CCN(Cc2cccc(-c3ccccc3)c2)CC1. The molecule has 23 heavy (non-hydrogen) atoms. The molecule has 1 aliphatic heterocycles. The van der Waals surface area contributed by atoms with E-state index in [-0.39, 0.29) is 3.42 Å². The molecule has 2 nitrogen and oxygen atoms in total. The normalized spacial score (nSPS) is 17.6. The fourth-order valence-corrected chi connectivity index (χ4v) is 3.82. The number of nitriles is 1. The summed E-state index contributed by atoms with van der Waals surface area (Å²) in [7, 11) is 0. The molecule has 0 amide bonds. The van der Waals surface area contributed by atoms with Crippen molar-refractivity contribution in [3.8, 4) is 17.2 Å². The van der Waals surface area contributed by atoms with Crippen molar-refractivity contribution >= 4 is 22.6 Å². The van der Waals surface area contributed by atoms with E-state index in [1.807, 2.05) is 0 Å². The van der Waals surface area contributed by atoms with Gasteiger partial charge in [-0.3, -0.25) is 4.90 Å². The van der Waals surface area contributed by atoms with Crippen LogP contribution in [0.4, 0.5) is 0 Å². The first kappa shape index (κ1) is 16.5. The maximum absolute atomic E-state index is 8.96. The van der Waals surface area contributed by atoms with Gasteiger partial charge in [0.1, 0.15) is 0 Å². The third kappa shape index (κ3) is 4.33. The summed E-state index contributed by atoms with van der Waals surface area (Å²) in [5.74, 6) is 0. The highest BCUT2D eigenvalue weighted by molar-refractivity contribution is 14.1. The molecule has 3 heteroatoms. The predicted octanol–water partition coefficient (Wildman–Crippen LogP) is 5.04. The summed E-state index contributed by atoms with van der Waals surface area (Å²) >= 11 is 2.49. The van der Waals surface area contributed by atoms with E-state index in [2.05, 4.69) is 88.2 Å². The van der Waals surface area contributed by atoms with E-state index in [4.69, 9.17) is 5.26 Å². The fourth-order valence-electron chi connectivity index (χ4n) is 3.17. The van der Waals surface area contributed by atoms with Crippen molar-refractivity contribution in [3.05, 3.63) is 60.2 Å². The number of hydrogen-bond donors (Lipinski definition) is 0. The Morgan fingerprint density at radius 1 is 1.00 bits per heavy atom. The van der Waals surface area contributed by atoms with E-state index >= 15 is 0 Å². The van der Waals surface area contributed by atoms with Crippen LogP contribution >= 0.6 is 22.6 Å². The third-order valence-electron chi connectivity index (χ3n) is 4.59. The van der Waals surface area contributed by atoms with E-state index in [1.165, 1.54) is 16.7 Å². The minimum absolute atomic E-state index is 0.189. The number of benzene rings is 2. The molecule has 0 saturated carbocycles. The van der Waals surface area contributed by atoms with E-state index in [9.17, 15) is 0 Å². The topological polar surface area (TPSA) is 27.0 Å². The second-order valence-electron chi connectivity index (χ2n) is 6.33. The zero-order valence-electron chi connectivity index (χ0n) is 13.2. The molecule has 0 bridgehead atoms. The maximum atomic E-state index is 8.96. The number of likely N-dealkylation sites (tertiary alicyclic amines) is 1. The van der Waals surface area contributed by atoms with Gasteiger partial charge in [0.2, 0.25) is 0 Å². The molecule has 0 unspecified atom stereocenters. The van der Waals surface area contributed by atoms with Gasteiger partial charge in [0.15, 0.2) is 0 Å². The first-order chi connectivity index (χ1) is 11.2. The molecule has 3 rings (SSSR count). The molecule has 0 spiro atoms. The molecule has 2 aromatic carbocycles. The summed E-state index contributed by atoms with van der Waals surface area (Å²) in [6.45, 7) is 3.17. The van der Waals surface area contributed by atoms with Gasteiger partial charge < -0.3 is 0 Å². The number of rotatable bonds is 4. The number of nitrogens with zero attached hydrogens (tertiary/aromatic N) is 2. The Morgan fingerprint density at radius 3 is 2.39 bits per heavy atom. The lowest BCUT2D eigenvalue weighted by Gasteiger charge is -2.36. The Kier molecular flexibility index (Phi) is 5.34. The molecule has 1 heterocycles. The Balaban J connectivity index is 1.65. The monoisotopic (exact) mass is 416 g/mol. The van der Waals surface area contributed by atoms with Crippen molar-refractivity contribution in [3.63, 3.8) is 0 Å². The molecular weight excluding hydrogens is 395 g/mol. The summed E-state index contributed by atoms with van der Waals surface area (Å²) in [5, 5.41) is 8.96. The van der Waals surface area contributed by atoms with Gasteiger partial charge in [0.25, 0.3) is 0 Å². The zero-order chi connectivity index (χ0) is 16.1. The summed E-state index contributed by atoms with van der Waals surface area (Å²) in [6.07, 6.45) is 2.89. The van der Waals surface area contributed by atoms with Crippen LogP contribution in [-0.4, -0.2) is 21.4 Å². The minimum Gasteiger partial charge on any atom is -0.299 e. The fraction of sp³-hybridized carbons (Fsp3) is 0.350. The Bertz CT molecular complexity index is 682. The van der Waals surface area contributed by atoms with Gasteiger partial charge in [-0.1, -0.05) is 71.1 Å². The van der Waals surface area contributed by atoms with Crippen LogP contribution in [0.5, 0.6) is 0 Å². The molecular formula is C20H21IN2. The summed E-state index contributed by atoms with van der Waals surface area (Å²) < 4.78 is 0.189. The second-order valence-corrected chi connectivity index (χ2v) is 8.62. The largest absolute Gasteiger partial charge is 0.299 e. The first-order valence-electron chi connectivity index (χ1n) is 8.11. The van der Waals surface area contributed by atoms with E-state index in [0.717, 1.165) is 32.5 Å². The number of alkyl halides is 1. The lowest BCUT2D eigenvalue weighted by molar-refractivity contribution is 0.199. The minimum atomic E-state index is 0.189. The van der Waals surface area contributed by atoms with Crippen molar-refractivity contribution in [1.82, 2.24) is 4.90 Å². The quantitative estimate of drug-likeness (QED) is 0.516. The van der Waals surface area contributed by atoms with Crippen LogP contribution in [0.25, 0.3) is 11.1 Å². The molecule has 0 N–H and O–H groups in total. The number of hydrogen-bond acceptors (Lipinski definition) is 2. The smallest absolute Gasteiger partial charge is 0.0635 e. The van der Waals surface area contributed by atoms with E-state index in [0.29, 0.717) is 6.42 Å². The van der Waals surface area contributed by atoms with Crippen LogP contribution in [0.2, 0.25) is 0 Å². The highest BCUT2D eigenvalue weighted by Gasteiger charge is 2.31. The van der Waals surface area contributed by atoms with Crippen molar-refractivity contribution < 1.29 is 0 Å². The van der Waals surface area contributed by atoms with Gasteiger partial charge in [-0.2, -0.15) is 5.26 Å². The molecule has 1 saturated heterocycles. The Hall–Kier alpha value is -1.38. The van der Waals surface area contributed by atoms with Crippen molar-refractivity contribution in [2.75, 3.05) is 13.1 Å². The summed E-state index contributed by atoms with van der Waals surface area (Å²) in [4.78, 5) is 2.51. The predicted molar refractivity (Wildman–Crippen MR) is 103 cm³/mol. The highest BCUT2D eigenvalue weighted by Crippen LogP contribution is 2.35. The van der Waals surface area contributed by atoms with Crippen LogP contribution in [-0.2, 0) is 6.54 Å². The van der Waals surface area contributed by atoms with Crippen LogP contribution in [0.3, 0.4) is 0 Å². The summed E-state index contributed by atoms with van der Waals surface area (Å²) in [5.41, 5.74) is 3.92. The van der Waals surface area contributed by atoms with Gasteiger partial charge >= 0.3 is 0 Å². The standard InChI is InChI=1S/C20H21IN2/c21-20(9-12-22)10-13-23(14-11-20)16-17-5-4-8-19(15-17)18-6-2-1-3-7-18/h1-8,15H,9-11,13-14,16H2. The molecule has 1 fully saturated rings. The Morgan fingerprint density at radius 2 is 1.70 bits per heavy atom. The highest BCUT2D eigenvalue weighted by atomic mass is 127. The number of halogens is 1. The molecule has 2 aromatic rings. The molecule has 1 aliphatic rings. The number of piperidine rings is 1. The molecule has 0 aromatic heterocycles. The average Bonchev–Trinajstić information content (AvgIpc) is 2.58. The van der Waals surface area contributed by atoms with Gasteiger partial charge in [-0.25, -0.2) is 0 Å². The lowest BCUT2D eigenvalue weighted by Crippen LogP contribution is -2.40. The lowest BCUT2D eigenvalue weighted by atomic mass is 9.93. The van der Waals surface area contributed by atoms with Crippen LogP contribution in [0, 0.1) is 11.3 Å². The van der Waals surface area contributed by atoms with E-state index < -0.39 is 0 Å². The van der Waals surface area contributed by atoms with Gasteiger partial charge in [0.05, 0.1) is 6.07 Å². The van der Waals surface area contributed by atoms with Crippen molar-refractivity contribution in [1.29, 1.82) is 5.26 Å². The first-order valence-corrected chi connectivity index (χ1v) is 9.19. The summed E-state index contributed by atoms with van der Waals surface area (Å²) in [6, 6.07) is 21.7. The Labute approximate surface area is 152 Å². The van der Waals surface area contributed by atoms with Crippen LogP contribution in [0.15, 0.2) is 54.6 Å². The van der Waals surface area contributed by atoms with Gasteiger partial charge in [-0.15, -0.1) is 0 Å². The maximum Gasteiger partial charge on any atom is 0.0635 e. The van der Waals surface area contributed by atoms with Crippen LogP contribution < -0.4 is 0 Å². The molecule has 0 radical (unpaired) electrons. The second kappa shape index (κ2) is 7.46. The zero-order valence-corrected chi connectivity index (χ0v) is 15.4. The van der Waals surface area contributed by atoms with Crippen molar-refractivity contribution in [2.45, 2.75) is 29.2 Å². The van der Waals surface area contributed by atoms with E-state index in [1.54, 1.807) is 0 Å². The third-order valence-corrected chi connectivity index (χ3v) is 6.05. The average molecular weight is 416 g/mol. The van der Waals surface area contributed by atoms with Gasteiger partial charge in [-0.05, 0) is 48.7 Å². The molecule has 0 atom stereocenters. The molecule has 118 valence electrons. The van der Waals surface area contributed by atoms with Crippen LogP contribution in [0.1, 0.15) is 24.8 Å². The van der Waals surface area contributed by atoms with Crippen molar-refractivity contribution in [2.24, 2.45) is 0 Å². The molecule has 0 aliphatic carbocycles.